The lowest BCUT2D eigenvalue weighted by Gasteiger charge is -2.06. The summed E-state index contributed by atoms with van der Waals surface area (Å²) in [6, 6.07) is 17.4. The predicted octanol–water partition coefficient (Wildman–Crippen LogP) is 6.74. The van der Waals surface area contributed by atoms with E-state index in [1.165, 1.54) is 11.3 Å². The Balaban J connectivity index is 1.68. The summed E-state index contributed by atoms with van der Waals surface area (Å²) in [5.41, 5.74) is 3.74. The van der Waals surface area contributed by atoms with Crippen LogP contribution in [0.5, 0.6) is 0 Å². The van der Waals surface area contributed by atoms with Crippen LogP contribution < -0.4 is 5.32 Å². The molecule has 0 aliphatic carbocycles. The standard InChI is InChI=1S/C28H24ClN3O3S/c1-4-35-28(34)25-17(2)18(3)36-27(25)31-26(33)20(14-30)13-21-16-32(24-11-6-5-10-23(21)24)15-19-8-7-9-22(29)12-19/h5-13,16H,4,15H2,1-3H3,(H,31,33)/b20-13+. The molecule has 0 atom stereocenters. The molecular weight excluding hydrogens is 494 g/mol. The predicted molar refractivity (Wildman–Crippen MR) is 144 cm³/mol. The Bertz CT molecular complexity index is 1540. The minimum atomic E-state index is -0.587. The molecule has 0 aliphatic heterocycles. The van der Waals surface area contributed by atoms with Crippen molar-refractivity contribution in [1.29, 1.82) is 5.26 Å². The zero-order valence-corrected chi connectivity index (χ0v) is 21.7. The van der Waals surface area contributed by atoms with Gasteiger partial charge in [-0.1, -0.05) is 41.9 Å². The fourth-order valence-electron chi connectivity index (χ4n) is 3.99. The van der Waals surface area contributed by atoms with Crippen molar-refractivity contribution in [3.63, 3.8) is 0 Å². The number of nitriles is 1. The lowest BCUT2D eigenvalue weighted by atomic mass is 10.1. The highest BCUT2D eigenvalue weighted by molar-refractivity contribution is 7.16. The molecule has 6 nitrogen and oxygen atoms in total. The molecule has 2 aromatic heterocycles. The fraction of sp³-hybridized carbons (Fsp3) is 0.179. The first-order valence-corrected chi connectivity index (χ1v) is 12.5. The van der Waals surface area contributed by atoms with Crippen LogP contribution in [0.15, 0.2) is 60.3 Å². The number of anilines is 1. The summed E-state index contributed by atoms with van der Waals surface area (Å²) in [7, 11) is 0. The van der Waals surface area contributed by atoms with Crippen LogP contribution in [0, 0.1) is 25.2 Å². The number of nitrogens with one attached hydrogen (secondary N) is 1. The van der Waals surface area contributed by atoms with Crippen molar-refractivity contribution in [2.24, 2.45) is 0 Å². The van der Waals surface area contributed by atoms with Crippen LogP contribution in [0.1, 0.15) is 38.8 Å². The second-order valence-corrected chi connectivity index (χ2v) is 9.85. The molecule has 1 amide bonds. The minimum absolute atomic E-state index is 0.0702. The van der Waals surface area contributed by atoms with E-state index in [-0.39, 0.29) is 12.2 Å². The van der Waals surface area contributed by atoms with E-state index >= 15 is 0 Å². The van der Waals surface area contributed by atoms with Crippen molar-refractivity contribution in [2.75, 3.05) is 11.9 Å². The Hall–Kier alpha value is -3.86. The van der Waals surface area contributed by atoms with E-state index < -0.39 is 11.9 Å². The number of hydrogen-bond acceptors (Lipinski definition) is 5. The van der Waals surface area contributed by atoms with Crippen molar-refractivity contribution >= 4 is 56.8 Å². The van der Waals surface area contributed by atoms with Crippen molar-refractivity contribution in [2.45, 2.75) is 27.3 Å². The zero-order chi connectivity index (χ0) is 25.8. The smallest absolute Gasteiger partial charge is 0.341 e. The third-order valence-corrected chi connectivity index (χ3v) is 7.18. The normalized spacial score (nSPS) is 11.4. The summed E-state index contributed by atoms with van der Waals surface area (Å²) >= 11 is 7.44. The molecule has 2 heterocycles. The molecule has 4 aromatic rings. The third-order valence-electron chi connectivity index (χ3n) is 5.82. The lowest BCUT2D eigenvalue weighted by molar-refractivity contribution is -0.112. The minimum Gasteiger partial charge on any atom is -0.462 e. The largest absolute Gasteiger partial charge is 0.462 e. The van der Waals surface area contributed by atoms with Crippen LogP contribution in [0.4, 0.5) is 5.00 Å². The van der Waals surface area contributed by atoms with E-state index in [2.05, 4.69) is 9.88 Å². The molecule has 0 spiro atoms. The molecular formula is C28H24ClN3O3S. The van der Waals surface area contributed by atoms with Crippen molar-refractivity contribution in [1.82, 2.24) is 4.57 Å². The number of amides is 1. The molecule has 2 aromatic carbocycles. The maximum atomic E-state index is 13.1. The average Bonchev–Trinajstić information content (AvgIpc) is 3.33. The summed E-state index contributed by atoms with van der Waals surface area (Å²) in [6.07, 6.45) is 3.49. The summed E-state index contributed by atoms with van der Waals surface area (Å²) in [4.78, 5) is 26.5. The van der Waals surface area contributed by atoms with Crippen LogP contribution in [-0.4, -0.2) is 23.1 Å². The second kappa shape index (κ2) is 10.8. The molecule has 0 aliphatic rings. The number of aromatic nitrogens is 1. The number of aryl methyl sites for hydroxylation is 1. The molecule has 0 saturated heterocycles. The fourth-order valence-corrected chi connectivity index (χ4v) is 5.25. The summed E-state index contributed by atoms with van der Waals surface area (Å²) in [5, 5.41) is 14.5. The quantitative estimate of drug-likeness (QED) is 0.167. The number of halogens is 1. The maximum Gasteiger partial charge on any atom is 0.341 e. The molecule has 0 fully saturated rings. The van der Waals surface area contributed by atoms with E-state index in [0.29, 0.717) is 22.1 Å². The number of esters is 1. The van der Waals surface area contributed by atoms with Crippen LogP contribution in [-0.2, 0) is 16.1 Å². The van der Waals surface area contributed by atoms with Gasteiger partial charge in [-0.2, -0.15) is 5.26 Å². The highest BCUT2D eigenvalue weighted by Gasteiger charge is 2.23. The number of ether oxygens (including phenoxy) is 1. The first-order valence-electron chi connectivity index (χ1n) is 11.3. The second-order valence-electron chi connectivity index (χ2n) is 8.19. The van der Waals surface area contributed by atoms with Crippen molar-refractivity contribution in [3.05, 3.63) is 92.5 Å². The van der Waals surface area contributed by atoms with Gasteiger partial charge in [0.25, 0.3) is 5.91 Å². The monoisotopic (exact) mass is 517 g/mol. The topological polar surface area (TPSA) is 84.1 Å². The molecule has 4 rings (SSSR count). The number of carbonyl (C=O) groups excluding carboxylic acids is 2. The van der Waals surface area contributed by atoms with E-state index in [1.807, 2.05) is 74.6 Å². The van der Waals surface area contributed by atoms with E-state index in [0.717, 1.165) is 32.5 Å². The maximum absolute atomic E-state index is 13.1. The molecule has 182 valence electrons. The van der Waals surface area contributed by atoms with Crippen LogP contribution >= 0.6 is 22.9 Å². The molecule has 1 N–H and O–H groups in total. The van der Waals surface area contributed by atoms with E-state index in [9.17, 15) is 14.9 Å². The van der Waals surface area contributed by atoms with Crippen molar-refractivity contribution < 1.29 is 14.3 Å². The van der Waals surface area contributed by atoms with Crippen LogP contribution in [0.2, 0.25) is 5.02 Å². The molecule has 0 bridgehead atoms. The van der Waals surface area contributed by atoms with Gasteiger partial charge in [0.15, 0.2) is 0 Å². The summed E-state index contributed by atoms with van der Waals surface area (Å²) in [6.45, 7) is 6.21. The highest BCUT2D eigenvalue weighted by atomic mass is 35.5. The van der Waals surface area contributed by atoms with Gasteiger partial charge in [0.2, 0.25) is 0 Å². The molecule has 0 saturated carbocycles. The van der Waals surface area contributed by atoms with E-state index in [4.69, 9.17) is 16.3 Å². The van der Waals surface area contributed by atoms with Gasteiger partial charge in [0, 0.05) is 39.1 Å². The van der Waals surface area contributed by atoms with E-state index in [1.54, 1.807) is 13.0 Å². The number of hydrogen-bond donors (Lipinski definition) is 1. The highest BCUT2D eigenvalue weighted by Crippen LogP contribution is 2.33. The van der Waals surface area contributed by atoms with Crippen LogP contribution in [0.3, 0.4) is 0 Å². The summed E-state index contributed by atoms with van der Waals surface area (Å²) < 4.78 is 7.22. The van der Waals surface area contributed by atoms with Gasteiger partial charge >= 0.3 is 5.97 Å². The number of fused-ring (bicyclic) bond motifs is 1. The Morgan fingerprint density at radius 1 is 1.19 bits per heavy atom. The Labute approximate surface area is 218 Å². The number of thiophene rings is 1. The number of nitrogens with zero attached hydrogens (tertiary/aromatic N) is 2. The Morgan fingerprint density at radius 2 is 1.97 bits per heavy atom. The van der Waals surface area contributed by atoms with Gasteiger partial charge in [0.05, 0.1) is 12.2 Å². The zero-order valence-electron chi connectivity index (χ0n) is 20.1. The van der Waals surface area contributed by atoms with Gasteiger partial charge in [-0.25, -0.2) is 4.79 Å². The van der Waals surface area contributed by atoms with Gasteiger partial charge in [-0.05, 0) is 56.2 Å². The average molecular weight is 518 g/mol. The Morgan fingerprint density at radius 3 is 2.69 bits per heavy atom. The van der Waals surface area contributed by atoms with Gasteiger partial charge in [0.1, 0.15) is 16.6 Å². The SMILES string of the molecule is CCOC(=O)c1c(NC(=O)/C(C#N)=C/c2cn(Cc3cccc(Cl)c3)c3ccccc23)sc(C)c1C. The third kappa shape index (κ3) is 5.20. The number of benzene rings is 2. The molecule has 0 radical (unpaired) electrons. The summed E-state index contributed by atoms with van der Waals surface area (Å²) in [5.74, 6) is -1.09. The lowest BCUT2D eigenvalue weighted by Crippen LogP contribution is -2.16. The first kappa shape index (κ1) is 25.2. The van der Waals surface area contributed by atoms with Crippen LogP contribution in [0.25, 0.3) is 17.0 Å². The first-order chi connectivity index (χ1) is 17.3. The van der Waals surface area contributed by atoms with Gasteiger partial charge in [-0.3, -0.25) is 4.79 Å². The molecule has 8 heteroatoms. The Kier molecular flexibility index (Phi) is 7.58. The number of carbonyl (C=O) groups is 2. The number of para-hydroxylation sites is 1. The molecule has 36 heavy (non-hydrogen) atoms. The molecule has 0 unspecified atom stereocenters. The van der Waals surface area contributed by atoms with Gasteiger partial charge < -0.3 is 14.6 Å². The number of rotatable bonds is 7. The van der Waals surface area contributed by atoms with Crippen molar-refractivity contribution in [3.8, 4) is 6.07 Å². The van der Waals surface area contributed by atoms with Gasteiger partial charge in [-0.15, -0.1) is 11.3 Å².